The van der Waals surface area contributed by atoms with E-state index in [1.54, 1.807) is 17.0 Å². The number of aryl methyl sites for hydroxylation is 1. The second-order valence-corrected chi connectivity index (χ2v) is 6.65. The van der Waals surface area contributed by atoms with Crippen molar-refractivity contribution in [1.82, 2.24) is 0 Å². The Hall–Kier alpha value is -2.79. The molecule has 0 radical (unpaired) electrons. The standard InChI is InChI=1S/C20H16ClNO4/c1-12-8-20(24)26-17-10-18(15(21)9-14(12)17)25-11-19(23)22-7-6-13-4-2-3-5-16(13)22/h2-5,8-10H,6-7,11H2,1H3. The second-order valence-electron chi connectivity index (χ2n) is 6.24. The molecular formula is C20H16ClNO4. The molecule has 1 aliphatic heterocycles. The molecule has 2 heterocycles. The second kappa shape index (κ2) is 6.50. The average molecular weight is 370 g/mol. The summed E-state index contributed by atoms with van der Waals surface area (Å²) in [5.41, 5.74) is 2.80. The summed E-state index contributed by atoms with van der Waals surface area (Å²) >= 11 is 6.27. The number of carbonyl (C=O) groups is 1. The van der Waals surface area contributed by atoms with Gasteiger partial charge < -0.3 is 14.1 Å². The fraction of sp³-hybridized carbons (Fsp3) is 0.200. The molecule has 5 nitrogen and oxygen atoms in total. The number of amides is 1. The highest BCUT2D eigenvalue weighted by Gasteiger charge is 2.24. The third kappa shape index (κ3) is 2.95. The van der Waals surface area contributed by atoms with Crippen LogP contribution in [0.25, 0.3) is 11.0 Å². The number of carbonyl (C=O) groups excluding carboxylic acids is 1. The van der Waals surface area contributed by atoms with E-state index in [1.807, 2.05) is 31.2 Å². The maximum atomic E-state index is 12.5. The summed E-state index contributed by atoms with van der Waals surface area (Å²) in [7, 11) is 0. The Balaban J connectivity index is 1.56. The number of para-hydroxylation sites is 1. The fourth-order valence-electron chi connectivity index (χ4n) is 3.25. The molecule has 0 bridgehead atoms. The highest BCUT2D eigenvalue weighted by atomic mass is 35.5. The van der Waals surface area contributed by atoms with Crippen molar-refractivity contribution in [3.63, 3.8) is 0 Å². The Labute approximate surface area is 154 Å². The van der Waals surface area contributed by atoms with Crippen LogP contribution in [0.1, 0.15) is 11.1 Å². The first kappa shape index (κ1) is 16.7. The smallest absolute Gasteiger partial charge is 0.336 e. The van der Waals surface area contributed by atoms with Gasteiger partial charge in [0.2, 0.25) is 0 Å². The molecule has 0 saturated heterocycles. The lowest BCUT2D eigenvalue weighted by atomic mass is 10.1. The van der Waals surface area contributed by atoms with E-state index >= 15 is 0 Å². The molecule has 0 unspecified atom stereocenters. The first-order valence-corrected chi connectivity index (χ1v) is 8.66. The van der Waals surface area contributed by atoms with Crippen molar-refractivity contribution in [3.8, 4) is 5.75 Å². The number of nitrogens with zero attached hydrogens (tertiary/aromatic N) is 1. The van der Waals surface area contributed by atoms with E-state index in [0.29, 0.717) is 22.9 Å². The minimum atomic E-state index is -0.437. The molecule has 1 amide bonds. The number of fused-ring (bicyclic) bond motifs is 2. The molecular weight excluding hydrogens is 354 g/mol. The molecule has 3 aromatic rings. The molecule has 2 aromatic carbocycles. The summed E-state index contributed by atoms with van der Waals surface area (Å²) in [5, 5.41) is 1.10. The van der Waals surface area contributed by atoms with Crippen LogP contribution in [-0.4, -0.2) is 19.1 Å². The lowest BCUT2D eigenvalue weighted by molar-refractivity contribution is -0.120. The number of benzene rings is 2. The molecule has 4 rings (SSSR count). The van der Waals surface area contributed by atoms with Crippen LogP contribution < -0.4 is 15.3 Å². The Morgan fingerprint density at radius 1 is 1.27 bits per heavy atom. The minimum Gasteiger partial charge on any atom is -0.482 e. The van der Waals surface area contributed by atoms with Gasteiger partial charge in [0.05, 0.1) is 5.02 Å². The third-order valence-corrected chi connectivity index (χ3v) is 4.84. The van der Waals surface area contributed by atoms with Gasteiger partial charge in [0, 0.05) is 29.8 Å². The van der Waals surface area contributed by atoms with Crippen LogP contribution >= 0.6 is 11.6 Å². The molecule has 0 saturated carbocycles. The van der Waals surface area contributed by atoms with Gasteiger partial charge in [-0.15, -0.1) is 0 Å². The van der Waals surface area contributed by atoms with Crippen molar-refractivity contribution in [1.29, 1.82) is 0 Å². The van der Waals surface area contributed by atoms with Gasteiger partial charge in [-0.1, -0.05) is 29.8 Å². The molecule has 132 valence electrons. The maximum Gasteiger partial charge on any atom is 0.336 e. The lowest BCUT2D eigenvalue weighted by Crippen LogP contribution is -2.33. The SMILES string of the molecule is Cc1cc(=O)oc2cc(OCC(=O)N3CCc4ccccc43)c(Cl)cc12. The number of rotatable bonds is 3. The van der Waals surface area contributed by atoms with Gasteiger partial charge >= 0.3 is 5.63 Å². The van der Waals surface area contributed by atoms with Gasteiger partial charge in [0.1, 0.15) is 11.3 Å². The minimum absolute atomic E-state index is 0.142. The summed E-state index contributed by atoms with van der Waals surface area (Å²) in [6.45, 7) is 2.31. The van der Waals surface area contributed by atoms with E-state index in [9.17, 15) is 9.59 Å². The number of ether oxygens (including phenoxy) is 1. The molecule has 0 atom stereocenters. The average Bonchev–Trinajstić information content (AvgIpc) is 3.04. The summed E-state index contributed by atoms with van der Waals surface area (Å²) in [6.07, 6.45) is 0.836. The van der Waals surface area contributed by atoms with Crippen molar-refractivity contribution >= 4 is 34.2 Å². The van der Waals surface area contributed by atoms with Crippen molar-refractivity contribution in [2.45, 2.75) is 13.3 Å². The predicted octanol–water partition coefficient (Wildman–Crippen LogP) is 3.72. The fourth-order valence-corrected chi connectivity index (χ4v) is 3.46. The Morgan fingerprint density at radius 3 is 2.92 bits per heavy atom. The van der Waals surface area contributed by atoms with Crippen LogP contribution in [0, 0.1) is 6.92 Å². The van der Waals surface area contributed by atoms with Gasteiger partial charge in [-0.2, -0.15) is 0 Å². The van der Waals surface area contributed by atoms with E-state index in [2.05, 4.69) is 0 Å². The molecule has 1 aromatic heterocycles. The topological polar surface area (TPSA) is 59.8 Å². The number of halogens is 1. The Kier molecular flexibility index (Phi) is 4.17. The van der Waals surface area contributed by atoms with E-state index in [1.165, 1.54) is 6.07 Å². The molecule has 1 aliphatic rings. The van der Waals surface area contributed by atoms with Gasteiger partial charge in [-0.3, -0.25) is 4.79 Å². The van der Waals surface area contributed by atoms with Crippen LogP contribution in [0.3, 0.4) is 0 Å². The van der Waals surface area contributed by atoms with Gasteiger partial charge in [0.15, 0.2) is 6.61 Å². The predicted molar refractivity (Wildman–Crippen MR) is 100 cm³/mol. The first-order valence-electron chi connectivity index (χ1n) is 8.28. The van der Waals surface area contributed by atoms with Crippen molar-refractivity contribution in [2.24, 2.45) is 0 Å². The molecule has 0 spiro atoms. The van der Waals surface area contributed by atoms with Crippen LogP contribution in [0.4, 0.5) is 5.69 Å². The van der Waals surface area contributed by atoms with Crippen LogP contribution in [0.15, 0.2) is 51.7 Å². The Bertz CT molecular complexity index is 1070. The van der Waals surface area contributed by atoms with Crippen LogP contribution in [0.5, 0.6) is 5.75 Å². The molecule has 0 aliphatic carbocycles. The quantitative estimate of drug-likeness (QED) is 0.660. The van der Waals surface area contributed by atoms with Crippen molar-refractivity contribution < 1.29 is 13.9 Å². The van der Waals surface area contributed by atoms with Gasteiger partial charge in [-0.05, 0) is 36.6 Å². The zero-order valence-electron chi connectivity index (χ0n) is 14.1. The molecule has 26 heavy (non-hydrogen) atoms. The largest absolute Gasteiger partial charge is 0.482 e. The van der Waals surface area contributed by atoms with Crippen LogP contribution in [0.2, 0.25) is 5.02 Å². The van der Waals surface area contributed by atoms with Gasteiger partial charge in [0.25, 0.3) is 5.91 Å². The molecule has 0 fully saturated rings. The zero-order chi connectivity index (χ0) is 18.3. The summed E-state index contributed by atoms with van der Waals surface area (Å²) in [5.74, 6) is 0.172. The number of hydrogen-bond donors (Lipinski definition) is 0. The highest BCUT2D eigenvalue weighted by molar-refractivity contribution is 6.32. The number of hydrogen-bond acceptors (Lipinski definition) is 4. The van der Waals surface area contributed by atoms with E-state index in [4.69, 9.17) is 20.8 Å². The monoisotopic (exact) mass is 369 g/mol. The normalized spacial score (nSPS) is 13.1. The highest BCUT2D eigenvalue weighted by Crippen LogP contribution is 2.32. The summed E-state index contributed by atoms with van der Waals surface area (Å²) < 4.78 is 10.8. The van der Waals surface area contributed by atoms with E-state index in [-0.39, 0.29) is 12.5 Å². The maximum absolute atomic E-state index is 12.5. The lowest BCUT2D eigenvalue weighted by Gasteiger charge is -2.18. The Morgan fingerprint density at radius 2 is 2.08 bits per heavy atom. The van der Waals surface area contributed by atoms with Crippen LogP contribution in [-0.2, 0) is 11.2 Å². The van der Waals surface area contributed by atoms with Crippen molar-refractivity contribution in [2.75, 3.05) is 18.1 Å². The summed E-state index contributed by atoms with van der Waals surface area (Å²) in [4.78, 5) is 25.8. The first-order chi connectivity index (χ1) is 12.5. The van der Waals surface area contributed by atoms with E-state index in [0.717, 1.165) is 28.6 Å². The van der Waals surface area contributed by atoms with Crippen molar-refractivity contribution in [3.05, 3.63) is 69.0 Å². The molecule has 6 heteroatoms. The molecule has 0 N–H and O–H groups in total. The van der Waals surface area contributed by atoms with E-state index < -0.39 is 5.63 Å². The summed E-state index contributed by atoms with van der Waals surface area (Å²) in [6, 6.07) is 12.5. The van der Waals surface area contributed by atoms with Gasteiger partial charge in [-0.25, -0.2) is 4.79 Å². The third-order valence-electron chi connectivity index (χ3n) is 4.54. The zero-order valence-corrected chi connectivity index (χ0v) is 14.9. The number of anilines is 1.